The molecule has 4 heteroatoms. The first-order chi connectivity index (χ1) is 9.74. The minimum absolute atomic E-state index is 0.253. The molecular weight excluding hydrogens is 272 g/mol. The quantitative estimate of drug-likeness (QED) is 0.929. The fourth-order valence-corrected chi connectivity index (χ4v) is 3.56. The average Bonchev–Trinajstić information content (AvgIpc) is 3.11. The maximum Gasteiger partial charge on any atom is 0.227 e. The van der Waals surface area contributed by atoms with Crippen molar-refractivity contribution in [3.05, 3.63) is 34.9 Å². The Kier molecular flexibility index (Phi) is 4.27. The topological polar surface area (TPSA) is 32.3 Å². The van der Waals surface area contributed by atoms with Gasteiger partial charge in [-0.1, -0.05) is 23.7 Å². The molecule has 2 atom stereocenters. The highest BCUT2D eigenvalue weighted by Gasteiger charge is 2.35. The first-order valence-corrected chi connectivity index (χ1v) is 7.89. The monoisotopic (exact) mass is 292 g/mol. The molecule has 2 saturated heterocycles. The van der Waals surface area contributed by atoms with Crippen LogP contribution < -0.4 is 5.32 Å². The number of halogens is 1. The molecule has 1 N–H and O–H groups in total. The Labute approximate surface area is 125 Å². The van der Waals surface area contributed by atoms with E-state index in [1.54, 1.807) is 0 Å². The smallest absolute Gasteiger partial charge is 0.227 e. The van der Waals surface area contributed by atoms with Gasteiger partial charge in [-0.2, -0.15) is 0 Å². The zero-order valence-corrected chi connectivity index (χ0v) is 12.4. The Morgan fingerprint density at radius 1 is 1.25 bits per heavy atom. The van der Waals surface area contributed by atoms with E-state index < -0.39 is 0 Å². The molecule has 1 amide bonds. The molecule has 0 aromatic heterocycles. The molecule has 108 valence electrons. The third-order valence-electron chi connectivity index (χ3n) is 4.45. The number of nitrogens with zero attached hydrogens (tertiary/aromatic N) is 1. The van der Waals surface area contributed by atoms with Gasteiger partial charge in [-0.3, -0.25) is 4.79 Å². The Hall–Kier alpha value is -1.06. The summed E-state index contributed by atoms with van der Waals surface area (Å²) in [6, 6.07) is 8.50. The van der Waals surface area contributed by atoms with Gasteiger partial charge in [-0.25, -0.2) is 0 Å². The average molecular weight is 293 g/mol. The Balaban J connectivity index is 1.64. The van der Waals surface area contributed by atoms with Crippen LogP contribution in [0.4, 0.5) is 0 Å². The van der Waals surface area contributed by atoms with Gasteiger partial charge < -0.3 is 10.2 Å². The normalized spacial score (nSPS) is 26.1. The standard InChI is InChI=1S/C16H21ClN2O/c17-13-7-5-12(6-8-13)11-16(20)19-10-2-4-15(19)14-3-1-9-18-14/h5-8,14-15,18H,1-4,9-11H2. The number of carbonyl (C=O) groups is 1. The molecule has 1 aromatic rings. The van der Waals surface area contributed by atoms with Crippen molar-refractivity contribution in [3.8, 4) is 0 Å². The first kappa shape index (κ1) is 13.9. The van der Waals surface area contributed by atoms with E-state index in [-0.39, 0.29) is 5.91 Å². The molecule has 2 aliphatic heterocycles. The van der Waals surface area contributed by atoms with E-state index in [1.807, 2.05) is 24.3 Å². The van der Waals surface area contributed by atoms with Crippen molar-refractivity contribution in [1.29, 1.82) is 0 Å². The second-order valence-electron chi connectivity index (χ2n) is 5.80. The van der Waals surface area contributed by atoms with Crippen LogP contribution in [0, 0.1) is 0 Å². The van der Waals surface area contributed by atoms with E-state index in [9.17, 15) is 4.79 Å². The second-order valence-corrected chi connectivity index (χ2v) is 6.24. The third kappa shape index (κ3) is 2.99. The fraction of sp³-hybridized carbons (Fsp3) is 0.562. The predicted molar refractivity (Wildman–Crippen MR) is 80.9 cm³/mol. The third-order valence-corrected chi connectivity index (χ3v) is 4.70. The summed E-state index contributed by atoms with van der Waals surface area (Å²) in [5.74, 6) is 0.253. The van der Waals surface area contributed by atoms with Crippen LogP contribution in [0.5, 0.6) is 0 Å². The van der Waals surface area contributed by atoms with Crippen molar-refractivity contribution in [2.45, 2.75) is 44.2 Å². The number of carbonyl (C=O) groups excluding carboxylic acids is 1. The number of likely N-dealkylation sites (tertiary alicyclic amines) is 1. The van der Waals surface area contributed by atoms with Crippen LogP contribution in [-0.4, -0.2) is 36.0 Å². The number of hydrogen-bond donors (Lipinski definition) is 1. The zero-order valence-electron chi connectivity index (χ0n) is 11.6. The molecule has 20 heavy (non-hydrogen) atoms. The number of nitrogens with one attached hydrogen (secondary N) is 1. The number of hydrogen-bond acceptors (Lipinski definition) is 2. The van der Waals surface area contributed by atoms with Crippen molar-refractivity contribution in [2.75, 3.05) is 13.1 Å². The van der Waals surface area contributed by atoms with Gasteiger partial charge in [0.05, 0.1) is 6.42 Å². The van der Waals surface area contributed by atoms with Gasteiger partial charge in [0, 0.05) is 23.7 Å². The highest BCUT2D eigenvalue weighted by Crippen LogP contribution is 2.25. The van der Waals surface area contributed by atoms with Gasteiger partial charge >= 0.3 is 0 Å². The fourth-order valence-electron chi connectivity index (χ4n) is 3.44. The van der Waals surface area contributed by atoms with Crippen molar-refractivity contribution in [1.82, 2.24) is 10.2 Å². The maximum atomic E-state index is 12.5. The van der Waals surface area contributed by atoms with E-state index >= 15 is 0 Å². The summed E-state index contributed by atoms with van der Waals surface area (Å²) < 4.78 is 0. The van der Waals surface area contributed by atoms with Crippen LogP contribution in [-0.2, 0) is 11.2 Å². The minimum atomic E-state index is 0.253. The molecule has 3 nitrogen and oxygen atoms in total. The zero-order chi connectivity index (χ0) is 13.9. The number of rotatable bonds is 3. The lowest BCUT2D eigenvalue weighted by Gasteiger charge is -2.29. The van der Waals surface area contributed by atoms with Crippen molar-refractivity contribution >= 4 is 17.5 Å². The van der Waals surface area contributed by atoms with Crippen LogP contribution >= 0.6 is 11.6 Å². The van der Waals surface area contributed by atoms with Crippen molar-refractivity contribution in [2.24, 2.45) is 0 Å². The summed E-state index contributed by atoms with van der Waals surface area (Å²) in [7, 11) is 0. The van der Waals surface area contributed by atoms with Crippen LogP contribution in [0.2, 0.25) is 5.02 Å². The molecule has 2 unspecified atom stereocenters. The molecule has 0 bridgehead atoms. The molecule has 0 spiro atoms. The molecule has 1 aromatic carbocycles. The number of benzene rings is 1. The van der Waals surface area contributed by atoms with Crippen molar-refractivity contribution in [3.63, 3.8) is 0 Å². The highest BCUT2D eigenvalue weighted by molar-refractivity contribution is 6.30. The lowest BCUT2D eigenvalue weighted by molar-refractivity contribution is -0.131. The Morgan fingerprint density at radius 3 is 2.75 bits per heavy atom. The Bertz CT molecular complexity index is 468. The molecule has 0 saturated carbocycles. The van der Waals surface area contributed by atoms with Gasteiger partial charge in [-0.05, 0) is 49.9 Å². The van der Waals surface area contributed by atoms with E-state index in [1.165, 1.54) is 12.8 Å². The van der Waals surface area contributed by atoms with E-state index in [0.717, 1.165) is 36.5 Å². The van der Waals surface area contributed by atoms with Gasteiger partial charge in [0.1, 0.15) is 0 Å². The first-order valence-electron chi connectivity index (χ1n) is 7.51. The van der Waals surface area contributed by atoms with Crippen LogP contribution in [0.15, 0.2) is 24.3 Å². The summed E-state index contributed by atoms with van der Waals surface area (Å²) in [6.07, 6.45) is 5.20. The highest BCUT2D eigenvalue weighted by atomic mass is 35.5. The summed E-state index contributed by atoms with van der Waals surface area (Å²) in [4.78, 5) is 14.6. The lowest BCUT2D eigenvalue weighted by Crippen LogP contribution is -2.47. The van der Waals surface area contributed by atoms with Gasteiger partial charge in [0.25, 0.3) is 0 Å². The van der Waals surface area contributed by atoms with Gasteiger partial charge in [-0.15, -0.1) is 0 Å². The molecular formula is C16H21ClN2O. The van der Waals surface area contributed by atoms with Gasteiger partial charge in [0.2, 0.25) is 5.91 Å². The second kappa shape index (κ2) is 6.15. The maximum absolute atomic E-state index is 12.5. The predicted octanol–water partition coefficient (Wildman–Crippen LogP) is 2.63. The molecule has 2 aliphatic rings. The molecule has 2 heterocycles. The minimum Gasteiger partial charge on any atom is -0.338 e. The summed E-state index contributed by atoms with van der Waals surface area (Å²) in [5, 5.41) is 4.26. The molecule has 0 aliphatic carbocycles. The van der Waals surface area contributed by atoms with Gasteiger partial charge in [0.15, 0.2) is 0 Å². The molecule has 0 radical (unpaired) electrons. The Morgan fingerprint density at radius 2 is 2.05 bits per heavy atom. The summed E-state index contributed by atoms with van der Waals surface area (Å²) in [6.45, 7) is 2.01. The van der Waals surface area contributed by atoms with Crippen LogP contribution in [0.1, 0.15) is 31.2 Å². The SMILES string of the molecule is O=C(Cc1ccc(Cl)cc1)N1CCCC1C1CCCN1. The number of amides is 1. The van der Waals surface area contributed by atoms with Crippen LogP contribution in [0.25, 0.3) is 0 Å². The van der Waals surface area contributed by atoms with Crippen molar-refractivity contribution < 1.29 is 4.79 Å². The molecule has 2 fully saturated rings. The summed E-state index contributed by atoms with van der Waals surface area (Å²) in [5.41, 5.74) is 1.05. The van der Waals surface area contributed by atoms with E-state index in [2.05, 4.69) is 10.2 Å². The van der Waals surface area contributed by atoms with E-state index in [4.69, 9.17) is 11.6 Å². The largest absolute Gasteiger partial charge is 0.338 e. The lowest BCUT2D eigenvalue weighted by atomic mass is 10.0. The summed E-state index contributed by atoms with van der Waals surface area (Å²) >= 11 is 5.88. The van der Waals surface area contributed by atoms with E-state index in [0.29, 0.717) is 18.5 Å². The molecule has 3 rings (SSSR count). The van der Waals surface area contributed by atoms with Crippen LogP contribution in [0.3, 0.4) is 0 Å².